The van der Waals surface area contributed by atoms with Crippen molar-refractivity contribution >= 4 is 21.6 Å². The molecule has 0 aromatic heterocycles. The zero-order valence-corrected chi connectivity index (χ0v) is 13.6. The van der Waals surface area contributed by atoms with Crippen LogP contribution >= 0.6 is 15.9 Å². The summed E-state index contributed by atoms with van der Waals surface area (Å²) in [5, 5.41) is 3.24. The van der Waals surface area contributed by atoms with E-state index in [1.807, 2.05) is 30.0 Å². The van der Waals surface area contributed by atoms with Gasteiger partial charge >= 0.3 is 6.18 Å². The van der Waals surface area contributed by atoms with Crippen molar-refractivity contribution in [3.8, 4) is 0 Å². The average molecular weight is 365 g/mol. The molecule has 1 fully saturated rings. The Kier molecular flexibility index (Phi) is 5.54. The summed E-state index contributed by atoms with van der Waals surface area (Å²) in [5.41, 5.74) is 1.97. The van der Waals surface area contributed by atoms with Gasteiger partial charge < -0.3 is 10.2 Å². The third kappa shape index (κ3) is 4.36. The van der Waals surface area contributed by atoms with E-state index in [0.29, 0.717) is 13.0 Å². The molecule has 0 amide bonds. The first-order valence-electron chi connectivity index (χ1n) is 7.22. The minimum absolute atomic E-state index is 0.0580. The van der Waals surface area contributed by atoms with Gasteiger partial charge in [0.15, 0.2) is 0 Å². The predicted octanol–water partition coefficient (Wildman–Crippen LogP) is 4.34. The number of alkyl halides is 3. The number of hydrogen-bond donors (Lipinski definition) is 1. The molecule has 21 heavy (non-hydrogen) atoms. The Balaban J connectivity index is 2.09. The maximum atomic E-state index is 12.9. The fourth-order valence-electron chi connectivity index (χ4n) is 2.61. The van der Waals surface area contributed by atoms with Gasteiger partial charge in [0.05, 0.1) is 5.92 Å². The first-order valence-corrected chi connectivity index (χ1v) is 8.02. The number of anilines is 1. The molecule has 1 N–H and O–H groups in total. The van der Waals surface area contributed by atoms with E-state index in [1.165, 1.54) is 0 Å². The summed E-state index contributed by atoms with van der Waals surface area (Å²) in [5.74, 6) is -1.22. The van der Waals surface area contributed by atoms with Crippen LogP contribution < -0.4 is 10.2 Å². The van der Waals surface area contributed by atoms with Gasteiger partial charge in [-0.1, -0.05) is 28.9 Å². The van der Waals surface area contributed by atoms with E-state index < -0.39 is 12.1 Å². The Morgan fingerprint density at radius 2 is 2.14 bits per heavy atom. The van der Waals surface area contributed by atoms with Crippen LogP contribution in [-0.4, -0.2) is 25.8 Å². The van der Waals surface area contributed by atoms with E-state index in [0.717, 1.165) is 28.8 Å². The zero-order chi connectivity index (χ0) is 15.5. The fraction of sp³-hybridized carbons (Fsp3) is 0.600. The van der Waals surface area contributed by atoms with Crippen LogP contribution in [0.3, 0.4) is 0 Å². The largest absolute Gasteiger partial charge is 0.393 e. The lowest BCUT2D eigenvalue weighted by atomic mass is 9.97. The van der Waals surface area contributed by atoms with E-state index in [1.54, 1.807) is 0 Å². The quantitative estimate of drug-likeness (QED) is 0.854. The summed E-state index contributed by atoms with van der Waals surface area (Å²) < 4.78 is 39.5. The summed E-state index contributed by atoms with van der Waals surface area (Å²) in [6, 6.07) is 5.81. The minimum Gasteiger partial charge on any atom is -0.371 e. The van der Waals surface area contributed by atoms with Crippen molar-refractivity contribution in [1.82, 2.24) is 5.32 Å². The summed E-state index contributed by atoms with van der Waals surface area (Å²) >= 11 is 3.51. The second-order valence-electron chi connectivity index (χ2n) is 5.38. The van der Waals surface area contributed by atoms with Crippen molar-refractivity contribution in [2.45, 2.75) is 32.5 Å². The minimum atomic E-state index is -4.10. The van der Waals surface area contributed by atoms with Crippen LogP contribution in [-0.2, 0) is 6.54 Å². The highest BCUT2D eigenvalue weighted by Crippen LogP contribution is 2.35. The van der Waals surface area contributed by atoms with Crippen molar-refractivity contribution in [2.24, 2.45) is 5.92 Å². The highest BCUT2D eigenvalue weighted by Gasteiger charge is 2.41. The maximum Gasteiger partial charge on any atom is 0.393 e. The summed E-state index contributed by atoms with van der Waals surface area (Å²) in [7, 11) is 0. The number of piperidine rings is 1. The van der Waals surface area contributed by atoms with Crippen LogP contribution in [0.4, 0.5) is 18.9 Å². The van der Waals surface area contributed by atoms with Crippen LogP contribution in [0.25, 0.3) is 0 Å². The van der Waals surface area contributed by atoms with Crippen LogP contribution in [0.15, 0.2) is 22.7 Å². The van der Waals surface area contributed by atoms with Gasteiger partial charge in [-0.25, -0.2) is 0 Å². The Hall–Kier alpha value is -0.750. The van der Waals surface area contributed by atoms with Crippen molar-refractivity contribution in [1.29, 1.82) is 0 Å². The van der Waals surface area contributed by atoms with Gasteiger partial charge in [-0.2, -0.15) is 13.2 Å². The van der Waals surface area contributed by atoms with E-state index in [2.05, 4.69) is 21.2 Å². The molecule has 118 valence electrons. The highest BCUT2D eigenvalue weighted by atomic mass is 79.9. The van der Waals surface area contributed by atoms with Gasteiger partial charge in [-0.15, -0.1) is 0 Å². The summed E-state index contributed by atoms with van der Waals surface area (Å²) in [6.45, 7) is 4.41. The molecule has 1 aromatic carbocycles. The third-order valence-corrected chi connectivity index (χ3v) is 4.59. The van der Waals surface area contributed by atoms with E-state index in [4.69, 9.17) is 0 Å². The predicted molar refractivity (Wildman–Crippen MR) is 82.5 cm³/mol. The standard InChI is InChI=1S/C15H20BrF3N2/c1-2-20-9-11-5-6-13(8-14(11)16)21-7-3-4-12(10-21)15(17,18)19/h5-6,8,12,20H,2-4,7,9-10H2,1H3. The van der Waals surface area contributed by atoms with E-state index in [9.17, 15) is 13.2 Å². The van der Waals surface area contributed by atoms with Gasteiger partial charge in [0, 0.05) is 29.8 Å². The molecule has 0 aliphatic carbocycles. The normalized spacial score (nSPS) is 19.9. The number of nitrogens with zero attached hydrogens (tertiary/aromatic N) is 1. The van der Waals surface area contributed by atoms with Crippen molar-refractivity contribution < 1.29 is 13.2 Å². The SMILES string of the molecule is CCNCc1ccc(N2CCCC(C(F)(F)F)C2)cc1Br. The molecule has 1 aliphatic rings. The average Bonchev–Trinajstić information content (AvgIpc) is 2.45. The number of benzene rings is 1. The van der Waals surface area contributed by atoms with E-state index >= 15 is 0 Å². The van der Waals surface area contributed by atoms with Gasteiger partial charge in [-0.3, -0.25) is 0 Å². The topological polar surface area (TPSA) is 15.3 Å². The molecule has 1 unspecified atom stereocenters. The molecule has 0 bridgehead atoms. The number of rotatable bonds is 4. The lowest BCUT2D eigenvalue weighted by Crippen LogP contribution is -2.41. The Labute approximate surface area is 131 Å². The van der Waals surface area contributed by atoms with Gasteiger partial charge in [0.25, 0.3) is 0 Å². The Morgan fingerprint density at radius 3 is 2.76 bits per heavy atom. The van der Waals surface area contributed by atoms with E-state index in [-0.39, 0.29) is 13.0 Å². The number of nitrogens with one attached hydrogen (secondary N) is 1. The fourth-order valence-corrected chi connectivity index (χ4v) is 3.12. The molecule has 1 atom stereocenters. The molecule has 1 heterocycles. The smallest absolute Gasteiger partial charge is 0.371 e. The van der Waals surface area contributed by atoms with Crippen molar-refractivity contribution in [2.75, 3.05) is 24.5 Å². The van der Waals surface area contributed by atoms with Gasteiger partial charge in [-0.05, 0) is 37.1 Å². The molecule has 0 radical (unpaired) electrons. The first-order chi connectivity index (χ1) is 9.91. The lowest BCUT2D eigenvalue weighted by molar-refractivity contribution is -0.175. The Bertz CT molecular complexity index is 476. The van der Waals surface area contributed by atoms with Crippen molar-refractivity contribution in [3.05, 3.63) is 28.2 Å². The van der Waals surface area contributed by atoms with Crippen LogP contribution in [0.5, 0.6) is 0 Å². The molecular formula is C15H20BrF3N2. The summed E-state index contributed by atoms with van der Waals surface area (Å²) in [4.78, 5) is 1.84. The molecule has 0 saturated carbocycles. The van der Waals surface area contributed by atoms with Gasteiger partial charge in [0.2, 0.25) is 0 Å². The second-order valence-corrected chi connectivity index (χ2v) is 6.24. The van der Waals surface area contributed by atoms with Crippen LogP contribution in [0.1, 0.15) is 25.3 Å². The third-order valence-electron chi connectivity index (χ3n) is 3.85. The van der Waals surface area contributed by atoms with Crippen molar-refractivity contribution in [3.63, 3.8) is 0 Å². The number of hydrogen-bond acceptors (Lipinski definition) is 2. The van der Waals surface area contributed by atoms with Gasteiger partial charge in [0.1, 0.15) is 0 Å². The zero-order valence-electron chi connectivity index (χ0n) is 12.0. The highest BCUT2D eigenvalue weighted by molar-refractivity contribution is 9.10. The molecule has 1 aliphatic heterocycles. The lowest BCUT2D eigenvalue weighted by Gasteiger charge is -2.35. The molecular weight excluding hydrogens is 345 g/mol. The molecule has 0 spiro atoms. The molecule has 1 aromatic rings. The van der Waals surface area contributed by atoms with Crippen LogP contribution in [0.2, 0.25) is 0 Å². The molecule has 6 heteroatoms. The monoisotopic (exact) mass is 364 g/mol. The summed E-state index contributed by atoms with van der Waals surface area (Å²) in [6.07, 6.45) is -3.28. The first kappa shape index (κ1) is 16.6. The Morgan fingerprint density at radius 1 is 1.38 bits per heavy atom. The molecule has 2 nitrogen and oxygen atoms in total. The van der Waals surface area contributed by atoms with Crippen LogP contribution in [0, 0.1) is 5.92 Å². The second kappa shape index (κ2) is 7.01. The molecule has 2 rings (SSSR count). The maximum absolute atomic E-state index is 12.9. The number of halogens is 4. The molecule has 1 saturated heterocycles.